The zero-order valence-electron chi connectivity index (χ0n) is 13.3. The standard InChI is InChI=1S/C16H23N3O3S/c1-22-14-10-12(2-3-13(14)20)16-19(15(21)11-23-16)9-8-18-6-4-17-5-7-18/h2-3,10,16-17,20H,4-9,11H2,1H3. The Morgan fingerprint density at radius 3 is 2.87 bits per heavy atom. The molecule has 126 valence electrons. The number of phenols is 1. The molecule has 0 aromatic heterocycles. The highest BCUT2D eigenvalue weighted by atomic mass is 32.2. The molecule has 2 aliphatic heterocycles. The Bertz CT molecular complexity index is 564. The molecular formula is C16H23N3O3S. The van der Waals surface area contributed by atoms with Crippen LogP contribution in [-0.4, -0.2) is 72.9 Å². The predicted molar refractivity (Wildman–Crippen MR) is 90.9 cm³/mol. The molecule has 23 heavy (non-hydrogen) atoms. The van der Waals surface area contributed by atoms with Crippen molar-refractivity contribution in [1.29, 1.82) is 0 Å². The number of carbonyl (C=O) groups excluding carboxylic acids is 1. The van der Waals surface area contributed by atoms with Crippen molar-refractivity contribution in [3.63, 3.8) is 0 Å². The van der Waals surface area contributed by atoms with Crippen molar-refractivity contribution in [2.75, 3.05) is 52.1 Å². The number of hydrogen-bond donors (Lipinski definition) is 2. The topological polar surface area (TPSA) is 65.0 Å². The van der Waals surface area contributed by atoms with Crippen LogP contribution in [0, 0.1) is 0 Å². The van der Waals surface area contributed by atoms with Crippen molar-refractivity contribution >= 4 is 17.7 Å². The van der Waals surface area contributed by atoms with Gasteiger partial charge in [0.25, 0.3) is 0 Å². The normalized spacial score (nSPS) is 22.6. The van der Waals surface area contributed by atoms with Gasteiger partial charge in [-0.05, 0) is 17.7 Å². The second kappa shape index (κ2) is 7.42. The predicted octanol–water partition coefficient (Wildman–Crippen LogP) is 0.880. The highest BCUT2D eigenvalue weighted by Crippen LogP contribution is 2.41. The van der Waals surface area contributed by atoms with E-state index in [9.17, 15) is 9.90 Å². The first-order valence-corrected chi connectivity index (χ1v) is 8.95. The molecule has 0 aliphatic carbocycles. The van der Waals surface area contributed by atoms with E-state index in [2.05, 4.69) is 10.2 Å². The van der Waals surface area contributed by atoms with Crippen LogP contribution in [0.25, 0.3) is 0 Å². The number of carbonyl (C=O) groups is 1. The van der Waals surface area contributed by atoms with Crippen molar-refractivity contribution in [2.24, 2.45) is 0 Å². The quantitative estimate of drug-likeness (QED) is 0.832. The van der Waals surface area contributed by atoms with Crippen molar-refractivity contribution in [3.05, 3.63) is 23.8 Å². The number of amides is 1. The lowest BCUT2D eigenvalue weighted by Gasteiger charge is -2.31. The summed E-state index contributed by atoms with van der Waals surface area (Å²) in [5.41, 5.74) is 0.996. The molecule has 2 saturated heterocycles. The summed E-state index contributed by atoms with van der Waals surface area (Å²) in [5.74, 6) is 1.26. The van der Waals surface area contributed by atoms with Crippen LogP contribution in [0.5, 0.6) is 11.5 Å². The second-order valence-electron chi connectivity index (χ2n) is 5.77. The number of ether oxygens (including phenoxy) is 1. The Morgan fingerprint density at radius 1 is 1.35 bits per heavy atom. The number of methoxy groups -OCH3 is 1. The minimum Gasteiger partial charge on any atom is -0.504 e. The first-order chi connectivity index (χ1) is 11.2. The van der Waals surface area contributed by atoms with Gasteiger partial charge in [0.05, 0.1) is 12.9 Å². The summed E-state index contributed by atoms with van der Waals surface area (Å²) in [6, 6.07) is 5.32. The molecule has 0 radical (unpaired) electrons. The minimum absolute atomic E-state index is 0.0000782. The van der Waals surface area contributed by atoms with Crippen molar-refractivity contribution in [2.45, 2.75) is 5.37 Å². The lowest BCUT2D eigenvalue weighted by atomic mass is 10.2. The van der Waals surface area contributed by atoms with Crippen LogP contribution < -0.4 is 10.1 Å². The average Bonchev–Trinajstić information content (AvgIpc) is 2.95. The van der Waals surface area contributed by atoms with Crippen molar-refractivity contribution in [3.8, 4) is 11.5 Å². The second-order valence-corrected chi connectivity index (χ2v) is 6.84. The van der Waals surface area contributed by atoms with Gasteiger partial charge in [0.15, 0.2) is 11.5 Å². The molecule has 2 heterocycles. The molecule has 2 N–H and O–H groups in total. The molecule has 1 aromatic rings. The lowest BCUT2D eigenvalue weighted by molar-refractivity contribution is -0.128. The fraction of sp³-hybridized carbons (Fsp3) is 0.562. The Balaban J connectivity index is 1.69. The highest BCUT2D eigenvalue weighted by Gasteiger charge is 2.33. The molecule has 1 amide bonds. The van der Waals surface area contributed by atoms with Crippen LogP contribution in [-0.2, 0) is 4.79 Å². The molecule has 7 heteroatoms. The number of benzene rings is 1. The number of hydrogen-bond acceptors (Lipinski definition) is 6. The first kappa shape index (κ1) is 16.4. The third kappa shape index (κ3) is 3.73. The number of rotatable bonds is 5. The Labute approximate surface area is 140 Å². The van der Waals surface area contributed by atoms with E-state index in [4.69, 9.17) is 4.74 Å². The molecule has 2 fully saturated rings. The Morgan fingerprint density at radius 2 is 2.13 bits per heavy atom. The first-order valence-electron chi connectivity index (χ1n) is 7.90. The van der Waals surface area contributed by atoms with Gasteiger partial charge in [-0.1, -0.05) is 6.07 Å². The van der Waals surface area contributed by atoms with Crippen LogP contribution in [0.2, 0.25) is 0 Å². The Hall–Kier alpha value is -1.44. The number of piperazine rings is 1. The van der Waals surface area contributed by atoms with Crippen LogP contribution in [0.3, 0.4) is 0 Å². The van der Waals surface area contributed by atoms with E-state index < -0.39 is 0 Å². The number of phenolic OH excluding ortho intramolecular Hbond substituents is 1. The summed E-state index contributed by atoms with van der Waals surface area (Å²) < 4.78 is 5.18. The van der Waals surface area contributed by atoms with E-state index in [0.717, 1.165) is 44.8 Å². The van der Waals surface area contributed by atoms with Crippen LogP contribution in [0.15, 0.2) is 18.2 Å². The third-order valence-electron chi connectivity index (χ3n) is 4.32. The van der Waals surface area contributed by atoms with Gasteiger partial charge in [0.1, 0.15) is 5.37 Å². The summed E-state index contributed by atoms with van der Waals surface area (Å²) >= 11 is 1.63. The van der Waals surface area contributed by atoms with Gasteiger partial charge in [-0.2, -0.15) is 0 Å². The van der Waals surface area contributed by atoms with Crippen molar-refractivity contribution < 1.29 is 14.6 Å². The van der Waals surface area contributed by atoms with Gasteiger partial charge < -0.3 is 20.1 Å². The van der Waals surface area contributed by atoms with Gasteiger partial charge in [-0.15, -0.1) is 11.8 Å². The van der Waals surface area contributed by atoms with Gasteiger partial charge in [-0.3, -0.25) is 9.69 Å². The van der Waals surface area contributed by atoms with Crippen LogP contribution in [0.1, 0.15) is 10.9 Å². The lowest BCUT2D eigenvalue weighted by Crippen LogP contribution is -2.46. The maximum absolute atomic E-state index is 12.2. The zero-order valence-corrected chi connectivity index (χ0v) is 14.1. The molecule has 0 spiro atoms. The highest BCUT2D eigenvalue weighted by molar-refractivity contribution is 8.00. The fourth-order valence-corrected chi connectivity index (χ4v) is 4.21. The monoisotopic (exact) mass is 337 g/mol. The minimum atomic E-state index is -0.0000782. The molecule has 6 nitrogen and oxygen atoms in total. The van der Waals surface area contributed by atoms with E-state index in [1.807, 2.05) is 17.0 Å². The number of aromatic hydroxyl groups is 1. The molecular weight excluding hydrogens is 314 g/mol. The Kier molecular flexibility index (Phi) is 5.30. The van der Waals surface area contributed by atoms with Crippen LogP contribution >= 0.6 is 11.8 Å². The molecule has 1 unspecified atom stereocenters. The average molecular weight is 337 g/mol. The maximum Gasteiger partial charge on any atom is 0.233 e. The largest absolute Gasteiger partial charge is 0.504 e. The smallest absolute Gasteiger partial charge is 0.233 e. The SMILES string of the molecule is COc1cc(C2SCC(=O)N2CCN2CCNCC2)ccc1O. The van der Waals surface area contributed by atoms with E-state index in [1.165, 1.54) is 7.11 Å². The fourth-order valence-electron chi connectivity index (χ4n) is 3.00. The number of nitrogens with one attached hydrogen (secondary N) is 1. The summed E-state index contributed by atoms with van der Waals surface area (Å²) in [7, 11) is 1.54. The van der Waals surface area contributed by atoms with Gasteiger partial charge in [0.2, 0.25) is 5.91 Å². The molecule has 1 aromatic carbocycles. The van der Waals surface area contributed by atoms with Gasteiger partial charge >= 0.3 is 0 Å². The number of thioether (sulfide) groups is 1. The molecule has 0 saturated carbocycles. The summed E-state index contributed by atoms with van der Waals surface area (Å²) in [6.45, 7) is 5.74. The molecule has 0 bridgehead atoms. The third-order valence-corrected chi connectivity index (χ3v) is 5.58. The van der Waals surface area contributed by atoms with Crippen molar-refractivity contribution in [1.82, 2.24) is 15.1 Å². The van der Waals surface area contributed by atoms with E-state index in [-0.39, 0.29) is 17.0 Å². The molecule has 2 aliphatic rings. The summed E-state index contributed by atoms with van der Waals surface area (Å²) in [4.78, 5) is 16.6. The number of nitrogens with zero attached hydrogens (tertiary/aromatic N) is 2. The summed E-state index contributed by atoms with van der Waals surface area (Å²) in [5, 5.41) is 13.1. The molecule has 1 atom stereocenters. The summed E-state index contributed by atoms with van der Waals surface area (Å²) in [6.07, 6.45) is 0. The molecule has 3 rings (SSSR count). The maximum atomic E-state index is 12.2. The zero-order chi connectivity index (χ0) is 16.2. The van der Waals surface area contributed by atoms with Crippen LogP contribution in [0.4, 0.5) is 0 Å². The van der Waals surface area contributed by atoms with Gasteiger partial charge in [0, 0.05) is 39.3 Å². The van der Waals surface area contributed by atoms with E-state index >= 15 is 0 Å². The van der Waals surface area contributed by atoms with E-state index in [1.54, 1.807) is 17.8 Å². The van der Waals surface area contributed by atoms with E-state index in [0.29, 0.717) is 11.5 Å². The van der Waals surface area contributed by atoms with Gasteiger partial charge in [-0.25, -0.2) is 0 Å².